The maximum atomic E-state index is 13.1. The molecular formula is C20H30N4O3. The smallest absolute Gasteiger partial charge is 0.231 e. The Balaban J connectivity index is 1.37. The molecule has 0 spiro atoms. The zero-order valence-corrected chi connectivity index (χ0v) is 16.2. The highest BCUT2D eigenvalue weighted by atomic mass is 16.5. The molecule has 3 heterocycles. The number of carbonyl (C=O) groups excluding carboxylic acids is 2. The van der Waals surface area contributed by atoms with E-state index in [-0.39, 0.29) is 23.8 Å². The predicted molar refractivity (Wildman–Crippen MR) is 99.9 cm³/mol. The van der Waals surface area contributed by atoms with Gasteiger partial charge in [0.25, 0.3) is 0 Å². The highest BCUT2D eigenvalue weighted by Crippen LogP contribution is 2.42. The van der Waals surface area contributed by atoms with Crippen LogP contribution in [0.5, 0.6) is 0 Å². The fraction of sp³-hybridized carbons (Fsp3) is 0.750. The molecule has 0 bridgehead atoms. The minimum atomic E-state index is -0.556. The van der Waals surface area contributed by atoms with Crippen molar-refractivity contribution in [3.8, 4) is 0 Å². The van der Waals surface area contributed by atoms with Gasteiger partial charge in [-0.05, 0) is 25.3 Å². The van der Waals surface area contributed by atoms with Crippen LogP contribution in [0.25, 0.3) is 0 Å². The SMILES string of the molecule is Cn1nccc1CCC(=O)N1C[C@@H]2COC[C@]2(C(=O)NC2CCCCC2)C1. The van der Waals surface area contributed by atoms with Crippen LogP contribution in [0, 0.1) is 11.3 Å². The molecule has 2 aliphatic heterocycles. The van der Waals surface area contributed by atoms with E-state index in [1.165, 1.54) is 19.3 Å². The quantitative estimate of drug-likeness (QED) is 0.842. The number of hydrogen-bond donors (Lipinski definition) is 1. The summed E-state index contributed by atoms with van der Waals surface area (Å²) < 4.78 is 7.48. The minimum Gasteiger partial charge on any atom is -0.380 e. The monoisotopic (exact) mass is 374 g/mol. The molecule has 27 heavy (non-hydrogen) atoms. The van der Waals surface area contributed by atoms with Crippen molar-refractivity contribution in [1.82, 2.24) is 20.0 Å². The molecule has 2 amide bonds. The number of hydrogen-bond acceptors (Lipinski definition) is 4. The van der Waals surface area contributed by atoms with Gasteiger partial charge in [-0.3, -0.25) is 14.3 Å². The molecule has 2 saturated heterocycles. The summed E-state index contributed by atoms with van der Waals surface area (Å²) in [6, 6.07) is 2.23. The number of likely N-dealkylation sites (tertiary alicyclic amines) is 1. The van der Waals surface area contributed by atoms with Crippen LogP contribution >= 0.6 is 0 Å². The van der Waals surface area contributed by atoms with E-state index in [9.17, 15) is 9.59 Å². The van der Waals surface area contributed by atoms with Gasteiger partial charge in [-0.15, -0.1) is 0 Å². The average molecular weight is 374 g/mol. The molecule has 7 nitrogen and oxygen atoms in total. The third-order valence-electron chi connectivity index (χ3n) is 6.64. The van der Waals surface area contributed by atoms with Crippen LogP contribution in [0.4, 0.5) is 0 Å². The first-order chi connectivity index (χ1) is 13.1. The Kier molecular flexibility index (Phi) is 5.21. The maximum Gasteiger partial charge on any atom is 0.231 e. The number of rotatable bonds is 5. The fourth-order valence-electron chi connectivity index (χ4n) is 4.86. The standard InChI is InChI=1S/C20H30N4O3/c1-23-17(9-10-21-23)7-8-18(25)24-11-15-12-27-14-20(15,13-24)19(26)22-16-5-3-2-4-6-16/h9-10,15-16H,2-8,11-14H2,1H3,(H,22,26)/t15-,20-/m1/s1. The molecule has 2 atom stereocenters. The normalized spacial score (nSPS) is 28.3. The zero-order valence-electron chi connectivity index (χ0n) is 16.2. The Morgan fingerprint density at radius 1 is 1.33 bits per heavy atom. The molecular weight excluding hydrogens is 344 g/mol. The van der Waals surface area contributed by atoms with Crippen LogP contribution < -0.4 is 5.32 Å². The summed E-state index contributed by atoms with van der Waals surface area (Å²) >= 11 is 0. The Hall–Kier alpha value is -1.89. The number of aromatic nitrogens is 2. The van der Waals surface area contributed by atoms with Crippen molar-refractivity contribution < 1.29 is 14.3 Å². The summed E-state index contributed by atoms with van der Waals surface area (Å²) in [5.74, 6) is 0.330. The van der Waals surface area contributed by atoms with Crippen molar-refractivity contribution in [2.24, 2.45) is 18.4 Å². The summed E-state index contributed by atoms with van der Waals surface area (Å²) in [6.07, 6.45) is 8.67. The number of fused-ring (bicyclic) bond motifs is 1. The van der Waals surface area contributed by atoms with Crippen molar-refractivity contribution in [2.45, 2.75) is 51.0 Å². The number of nitrogens with one attached hydrogen (secondary N) is 1. The fourth-order valence-corrected chi connectivity index (χ4v) is 4.86. The molecule has 0 aromatic carbocycles. The maximum absolute atomic E-state index is 13.1. The summed E-state index contributed by atoms with van der Waals surface area (Å²) in [4.78, 5) is 27.8. The zero-order chi connectivity index (χ0) is 18.9. The number of aryl methyl sites for hydroxylation is 2. The Morgan fingerprint density at radius 3 is 2.89 bits per heavy atom. The number of nitrogens with zero attached hydrogens (tertiary/aromatic N) is 3. The van der Waals surface area contributed by atoms with Crippen molar-refractivity contribution in [3.63, 3.8) is 0 Å². The molecule has 1 aliphatic carbocycles. The largest absolute Gasteiger partial charge is 0.380 e. The van der Waals surface area contributed by atoms with E-state index < -0.39 is 5.41 Å². The van der Waals surface area contributed by atoms with Gasteiger partial charge in [-0.2, -0.15) is 5.10 Å². The summed E-state index contributed by atoms with van der Waals surface area (Å²) in [5.41, 5.74) is 0.496. The van der Waals surface area contributed by atoms with E-state index in [0.717, 1.165) is 18.5 Å². The molecule has 3 aliphatic rings. The molecule has 0 radical (unpaired) electrons. The summed E-state index contributed by atoms with van der Waals surface area (Å²) in [7, 11) is 1.89. The lowest BCUT2D eigenvalue weighted by atomic mass is 9.79. The first-order valence-electron chi connectivity index (χ1n) is 10.2. The van der Waals surface area contributed by atoms with Gasteiger partial charge in [-0.1, -0.05) is 19.3 Å². The topological polar surface area (TPSA) is 76.5 Å². The van der Waals surface area contributed by atoms with Gasteiger partial charge in [0.05, 0.1) is 18.6 Å². The molecule has 1 N–H and O–H groups in total. The van der Waals surface area contributed by atoms with Gasteiger partial charge in [0, 0.05) is 50.4 Å². The highest BCUT2D eigenvalue weighted by molar-refractivity contribution is 5.86. The highest BCUT2D eigenvalue weighted by Gasteiger charge is 2.56. The van der Waals surface area contributed by atoms with Crippen LogP contribution in [-0.4, -0.2) is 58.8 Å². The van der Waals surface area contributed by atoms with Gasteiger partial charge in [0.2, 0.25) is 11.8 Å². The minimum absolute atomic E-state index is 0.0961. The average Bonchev–Trinajstić information content (AvgIpc) is 3.34. The Labute approximate surface area is 160 Å². The lowest BCUT2D eigenvalue weighted by Crippen LogP contribution is -2.50. The summed E-state index contributed by atoms with van der Waals surface area (Å²) in [6.45, 7) is 2.12. The second-order valence-corrected chi connectivity index (χ2v) is 8.40. The van der Waals surface area contributed by atoms with E-state index in [1.54, 1.807) is 10.9 Å². The molecule has 4 rings (SSSR count). The van der Waals surface area contributed by atoms with E-state index >= 15 is 0 Å². The van der Waals surface area contributed by atoms with E-state index in [1.807, 2.05) is 18.0 Å². The van der Waals surface area contributed by atoms with Crippen molar-refractivity contribution in [1.29, 1.82) is 0 Å². The van der Waals surface area contributed by atoms with E-state index in [4.69, 9.17) is 4.74 Å². The van der Waals surface area contributed by atoms with Crippen molar-refractivity contribution in [3.05, 3.63) is 18.0 Å². The van der Waals surface area contributed by atoms with Crippen LogP contribution in [0.15, 0.2) is 12.3 Å². The number of amides is 2. The van der Waals surface area contributed by atoms with Gasteiger partial charge in [-0.25, -0.2) is 0 Å². The van der Waals surface area contributed by atoms with Crippen molar-refractivity contribution in [2.75, 3.05) is 26.3 Å². The van der Waals surface area contributed by atoms with E-state index in [2.05, 4.69) is 10.4 Å². The summed E-state index contributed by atoms with van der Waals surface area (Å²) in [5, 5.41) is 7.43. The number of carbonyl (C=O) groups is 2. The predicted octanol–water partition coefficient (Wildman–Crippen LogP) is 1.28. The molecule has 3 fully saturated rings. The third-order valence-corrected chi connectivity index (χ3v) is 6.64. The van der Waals surface area contributed by atoms with Crippen LogP contribution in [-0.2, 0) is 27.8 Å². The Morgan fingerprint density at radius 2 is 2.15 bits per heavy atom. The lowest BCUT2D eigenvalue weighted by molar-refractivity contribution is -0.134. The molecule has 1 saturated carbocycles. The van der Waals surface area contributed by atoms with Crippen LogP contribution in [0.1, 0.15) is 44.2 Å². The van der Waals surface area contributed by atoms with Gasteiger partial charge in [0.15, 0.2) is 0 Å². The van der Waals surface area contributed by atoms with Crippen LogP contribution in [0.3, 0.4) is 0 Å². The van der Waals surface area contributed by atoms with Gasteiger partial charge >= 0.3 is 0 Å². The molecule has 1 aromatic rings. The van der Waals surface area contributed by atoms with Gasteiger partial charge < -0.3 is 15.0 Å². The number of ether oxygens (including phenoxy) is 1. The second-order valence-electron chi connectivity index (χ2n) is 8.40. The molecule has 1 aromatic heterocycles. The van der Waals surface area contributed by atoms with E-state index in [0.29, 0.717) is 39.1 Å². The molecule has 148 valence electrons. The van der Waals surface area contributed by atoms with Crippen molar-refractivity contribution >= 4 is 11.8 Å². The lowest BCUT2D eigenvalue weighted by Gasteiger charge is -2.30. The molecule has 0 unspecified atom stereocenters. The van der Waals surface area contributed by atoms with Crippen LogP contribution in [0.2, 0.25) is 0 Å². The second kappa shape index (κ2) is 7.62. The Bertz CT molecular complexity index is 697. The van der Waals surface area contributed by atoms with Gasteiger partial charge in [0.1, 0.15) is 0 Å². The third kappa shape index (κ3) is 3.61. The first kappa shape index (κ1) is 18.5. The first-order valence-corrected chi connectivity index (χ1v) is 10.2. The molecule has 7 heteroatoms.